The maximum atomic E-state index is 10.3. The number of carboxylic acids is 1. The molecule has 1 fully saturated rings. The van der Waals surface area contributed by atoms with Crippen molar-refractivity contribution in [2.45, 2.75) is 12.1 Å². The molecule has 0 spiro atoms. The summed E-state index contributed by atoms with van der Waals surface area (Å²) < 4.78 is 10.1. The van der Waals surface area contributed by atoms with Gasteiger partial charge in [-0.1, -0.05) is 0 Å². The smallest absolute Gasteiger partial charge is 0.323 e. The molecule has 1 heterocycles. The van der Waals surface area contributed by atoms with Crippen molar-refractivity contribution in [1.82, 2.24) is 0 Å². The van der Waals surface area contributed by atoms with Gasteiger partial charge in [-0.3, -0.25) is 4.79 Å². The van der Waals surface area contributed by atoms with Gasteiger partial charge in [0.25, 0.3) is 0 Å². The fourth-order valence-corrected chi connectivity index (χ4v) is 0.872. The molecule has 0 aromatic heterocycles. The number of hydrogen-bond donors (Lipinski definition) is 2. The van der Waals surface area contributed by atoms with Gasteiger partial charge in [-0.05, 0) is 0 Å². The first kappa shape index (κ1) is 8.45. The largest absolute Gasteiger partial charge is 0.480 e. The quantitative estimate of drug-likeness (QED) is 0.532. The predicted molar refractivity (Wildman–Crippen MR) is 36.2 cm³/mol. The molecular weight excluding hydrogens is 150 g/mol. The van der Waals surface area contributed by atoms with Gasteiger partial charge >= 0.3 is 5.97 Å². The maximum absolute atomic E-state index is 10.3. The van der Waals surface area contributed by atoms with Crippen molar-refractivity contribution in [2.75, 3.05) is 19.8 Å². The molecule has 11 heavy (non-hydrogen) atoms. The van der Waals surface area contributed by atoms with Crippen LogP contribution in [-0.4, -0.2) is 43.0 Å². The number of aliphatic carboxylic acids is 1. The minimum atomic E-state index is -1.06. The Labute approximate surface area is 64.1 Å². The first-order valence-electron chi connectivity index (χ1n) is 3.39. The second-order valence-electron chi connectivity index (χ2n) is 2.35. The van der Waals surface area contributed by atoms with Crippen LogP contribution in [-0.2, 0) is 14.3 Å². The average molecular weight is 161 g/mol. The molecule has 64 valence electrons. The Kier molecular flexibility index (Phi) is 2.81. The highest BCUT2D eigenvalue weighted by molar-refractivity contribution is 5.73. The molecule has 2 unspecified atom stereocenters. The zero-order valence-corrected chi connectivity index (χ0v) is 6.03. The van der Waals surface area contributed by atoms with Crippen LogP contribution in [0.3, 0.4) is 0 Å². The lowest BCUT2D eigenvalue weighted by molar-refractivity contribution is -0.149. The molecule has 0 aromatic rings. The van der Waals surface area contributed by atoms with Crippen LogP contribution in [0.15, 0.2) is 0 Å². The Bertz CT molecular complexity index is 144. The van der Waals surface area contributed by atoms with E-state index >= 15 is 0 Å². The summed E-state index contributed by atoms with van der Waals surface area (Å²) in [5.41, 5.74) is 5.29. The van der Waals surface area contributed by atoms with Crippen molar-refractivity contribution < 1.29 is 19.4 Å². The number of carboxylic acid groups (broad SMARTS) is 1. The average Bonchev–Trinajstić information content (AvgIpc) is 2.05. The van der Waals surface area contributed by atoms with Crippen molar-refractivity contribution in [2.24, 2.45) is 5.73 Å². The van der Waals surface area contributed by atoms with Crippen molar-refractivity contribution in [3.05, 3.63) is 0 Å². The van der Waals surface area contributed by atoms with Gasteiger partial charge in [0.1, 0.15) is 12.1 Å². The van der Waals surface area contributed by atoms with E-state index in [0.717, 1.165) is 0 Å². The van der Waals surface area contributed by atoms with E-state index in [1.807, 2.05) is 0 Å². The molecule has 0 aliphatic carbocycles. The van der Waals surface area contributed by atoms with Gasteiger partial charge in [0.2, 0.25) is 0 Å². The van der Waals surface area contributed by atoms with Crippen LogP contribution < -0.4 is 5.73 Å². The molecule has 0 bridgehead atoms. The molecule has 3 N–H and O–H groups in total. The van der Waals surface area contributed by atoms with Crippen LogP contribution in [0.5, 0.6) is 0 Å². The predicted octanol–water partition coefficient (Wildman–Crippen LogP) is -1.19. The Morgan fingerprint density at radius 3 is 2.82 bits per heavy atom. The van der Waals surface area contributed by atoms with Gasteiger partial charge in [-0.2, -0.15) is 0 Å². The number of carbonyl (C=O) groups is 1. The van der Waals surface area contributed by atoms with Gasteiger partial charge in [-0.25, -0.2) is 0 Å². The van der Waals surface area contributed by atoms with E-state index in [2.05, 4.69) is 0 Å². The van der Waals surface area contributed by atoms with Crippen LogP contribution in [0.25, 0.3) is 0 Å². The molecule has 1 rings (SSSR count). The summed E-state index contributed by atoms with van der Waals surface area (Å²) in [6, 6.07) is -0.977. The topological polar surface area (TPSA) is 81.8 Å². The summed E-state index contributed by atoms with van der Waals surface area (Å²) in [6.45, 7) is 1.21. The highest BCUT2D eigenvalue weighted by Crippen LogP contribution is 2.03. The van der Waals surface area contributed by atoms with Gasteiger partial charge in [0, 0.05) is 0 Å². The van der Waals surface area contributed by atoms with Gasteiger partial charge in [-0.15, -0.1) is 0 Å². The minimum absolute atomic E-state index is 0.271. The van der Waals surface area contributed by atoms with E-state index in [1.54, 1.807) is 0 Å². The molecule has 0 radical (unpaired) electrons. The highest BCUT2D eigenvalue weighted by atomic mass is 16.6. The summed E-state index contributed by atoms with van der Waals surface area (Å²) in [4.78, 5) is 10.3. The van der Waals surface area contributed by atoms with E-state index in [1.165, 1.54) is 0 Å². The normalized spacial score (nSPS) is 27.9. The fraction of sp³-hybridized carbons (Fsp3) is 0.833. The van der Waals surface area contributed by atoms with Crippen molar-refractivity contribution >= 4 is 5.97 Å². The number of hydrogen-bond acceptors (Lipinski definition) is 4. The first-order valence-corrected chi connectivity index (χ1v) is 3.39. The molecule has 1 aliphatic heterocycles. The summed E-state index contributed by atoms with van der Waals surface area (Å²) in [6.07, 6.45) is -0.499. The standard InChI is InChI=1S/C6H11NO4/c7-5(6(8)9)4-3-10-1-2-11-4/h4-5H,1-3,7H2,(H,8,9). The second-order valence-corrected chi connectivity index (χ2v) is 2.35. The molecule has 1 aliphatic rings. The Balaban J connectivity index is 2.38. The summed E-state index contributed by atoms with van der Waals surface area (Å²) >= 11 is 0. The second kappa shape index (κ2) is 3.66. The first-order chi connectivity index (χ1) is 5.22. The van der Waals surface area contributed by atoms with E-state index in [-0.39, 0.29) is 6.61 Å². The molecule has 1 saturated heterocycles. The molecule has 0 aromatic carbocycles. The molecule has 0 saturated carbocycles. The number of nitrogens with two attached hydrogens (primary N) is 1. The minimum Gasteiger partial charge on any atom is -0.480 e. The van der Waals surface area contributed by atoms with E-state index < -0.39 is 18.1 Å². The Hall–Kier alpha value is -0.650. The third-order valence-corrected chi connectivity index (χ3v) is 1.53. The lowest BCUT2D eigenvalue weighted by Crippen LogP contribution is -2.48. The fourth-order valence-electron chi connectivity index (χ4n) is 0.872. The zero-order chi connectivity index (χ0) is 8.27. The number of rotatable bonds is 2. The van der Waals surface area contributed by atoms with Crippen molar-refractivity contribution in [1.29, 1.82) is 0 Å². The van der Waals surface area contributed by atoms with Crippen LogP contribution in [0.1, 0.15) is 0 Å². The zero-order valence-electron chi connectivity index (χ0n) is 6.03. The molecule has 5 nitrogen and oxygen atoms in total. The van der Waals surface area contributed by atoms with Crippen LogP contribution in [0.2, 0.25) is 0 Å². The van der Waals surface area contributed by atoms with Crippen LogP contribution in [0, 0.1) is 0 Å². The van der Waals surface area contributed by atoms with E-state index in [4.69, 9.17) is 20.3 Å². The SMILES string of the molecule is NC(C(=O)O)C1COCCO1. The lowest BCUT2D eigenvalue weighted by atomic mass is 10.2. The molecule has 0 amide bonds. The van der Waals surface area contributed by atoms with Crippen LogP contribution in [0.4, 0.5) is 0 Å². The van der Waals surface area contributed by atoms with Gasteiger partial charge in [0.05, 0.1) is 19.8 Å². The van der Waals surface area contributed by atoms with Gasteiger partial charge < -0.3 is 20.3 Å². The van der Waals surface area contributed by atoms with E-state index in [0.29, 0.717) is 13.2 Å². The monoisotopic (exact) mass is 161 g/mol. The van der Waals surface area contributed by atoms with Crippen molar-refractivity contribution in [3.8, 4) is 0 Å². The van der Waals surface area contributed by atoms with E-state index in [9.17, 15) is 4.79 Å². The summed E-state index contributed by atoms with van der Waals surface area (Å²) in [7, 11) is 0. The summed E-state index contributed by atoms with van der Waals surface area (Å²) in [5, 5.41) is 8.47. The maximum Gasteiger partial charge on any atom is 0.323 e. The van der Waals surface area contributed by atoms with Gasteiger partial charge in [0.15, 0.2) is 0 Å². The van der Waals surface area contributed by atoms with Crippen molar-refractivity contribution in [3.63, 3.8) is 0 Å². The van der Waals surface area contributed by atoms with Crippen LogP contribution >= 0.6 is 0 Å². The molecule has 2 atom stereocenters. The molecular formula is C6H11NO4. The Morgan fingerprint density at radius 2 is 2.36 bits per heavy atom. The third kappa shape index (κ3) is 2.14. The third-order valence-electron chi connectivity index (χ3n) is 1.53. The molecule has 5 heteroatoms. The highest BCUT2D eigenvalue weighted by Gasteiger charge is 2.27. The summed E-state index contributed by atoms with van der Waals surface area (Å²) in [5.74, 6) is -1.06. The lowest BCUT2D eigenvalue weighted by Gasteiger charge is -2.25. The Morgan fingerprint density at radius 1 is 1.64 bits per heavy atom. The number of ether oxygens (including phenoxy) is 2.